The molecule has 1 heterocycles. The monoisotopic (exact) mass is 257 g/mol. The molecule has 1 atom stereocenters. The normalized spacial score (nSPS) is 19.3. The number of carboxylic acid groups (broad SMARTS) is 1. The molecule has 0 bridgehead atoms. The zero-order valence-corrected chi connectivity index (χ0v) is 10.6. The maximum absolute atomic E-state index is 11.8. The molecule has 3 amide bonds. The number of nitrogens with two attached hydrogens (primary N) is 1. The third-order valence-corrected chi connectivity index (χ3v) is 2.97. The second-order valence-electron chi connectivity index (χ2n) is 5.35. The summed E-state index contributed by atoms with van der Waals surface area (Å²) in [5.41, 5.74) is 4.98. The summed E-state index contributed by atoms with van der Waals surface area (Å²) >= 11 is 0. The molecule has 102 valence electrons. The topological polar surface area (TPSA) is 113 Å². The minimum absolute atomic E-state index is 0.0414. The molecule has 4 N–H and O–H groups in total. The number of amides is 3. The first-order chi connectivity index (χ1) is 8.21. The van der Waals surface area contributed by atoms with Crippen LogP contribution in [0.5, 0.6) is 0 Å². The van der Waals surface area contributed by atoms with Crippen molar-refractivity contribution in [3.8, 4) is 0 Å². The van der Waals surface area contributed by atoms with Gasteiger partial charge in [0.15, 0.2) is 0 Å². The Hall–Kier alpha value is -1.79. The lowest BCUT2D eigenvalue weighted by Crippen LogP contribution is -2.48. The second kappa shape index (κ2) is 5.24. The number of hydrogen-bond donors (Lipinski definition) is 3. The fraction of sp³-hybridized carbons (Fsp3) is 0.727. The van der Waals surface area contributed by atoms with Gasteiger partial charge in [0.25, 0.3) is 0 Å². The van der Waals surface area contributed by atoms with Crippen LogP contribution in [0.25, 0.3) is 0 Å². The predicted molar refractivity (Wildman–Crippen MR) is 63.7 cm³/mol. The minimum Gasteiger partial charge on any atom is -0.480 e. The number of carboxylic acids is 1. The van der Waals surface area contributed by atoms with Gasteiger partial charge in [-0.25, -0.2) is 9.59 Å². The van der Waals surface area contributed by atoms with Gasteiger partial charge in [-0.2, -0.15) is 0 Å². The van der Waals surface area contributed by atoms with Crippen LogP contribution in [-0.4, -0.2) is 47.0 Å². The standard InChI is InChI=1S/C11H19N3O4/c1-11(2)3-4-14(6-11)10(18)13-7(9(16)17)5-8(12)15/h7H,3-6H2,1-2H3,(H2,12,15)(H,13,18)(H,16,17)/t7-/m1/s1. The smallest absolute Gasteiger partial charge is 0.326 e. The van der Waals surface area contributed by atoms with Crippen molar-refractivity contribution < 1.29 is 19.5 Å². The molecule has 0 saturated carbocycles. The van der Waals surface area contributed by atoms with Crippen LogP contribution in [0.2, 0.25) is 0 Å². The van der Waals surface area contributed by atoms with Crippen LogP contribution in [0.15, 0.2) is 0 Å². The Morgan fingerprint density at radius 1 is 1.44 bits per heavy atom. The van der Waals surface area contributed by atoms with E-state index in [-0.39, 0.29) is 5.41 Å². The first-order valence-electron chi connectivity index (χ1n) is 5.78. The highest BCUT2D eigenvalue weighted by Gasteiger charge is 2.33. The van der Waals surface area contributed by atoms with Crippen LogP contribution in [0.4, 0.5) is 4.79 Å². The molecular formula is C11H19N3O4. The van der Waals surface area contributed by atoms with Crippen molar-refractivity contribution in [2.45, 2.75) is 32.7 Å². The van der Waals surface area contributed by atoms with Gasteiger partial charge in [-0.1, -0.05) is 13.8 Å². The van der Waals surface area contributed by atoms with Gasteiger partial charge in [0.1, 0.15) is 6.04 Å². The molecule has 0 aromatic carbocycles. The Morgan fingerprint density at radius 3 is 2.44 bits per heavy atom. The van der Waals surface area contributed by atoms with Crippen LogP contribution in [0.3, 0.4) is 0 Å². The molecule has 1 saturated heterocycles. The average molecular weight is 257 g/mol. The highest BCUT2D eigenvalue weighted by atomic mass is 16.4. The molecule has 0 aromatic heterocycles. The molecule has 7 nitrogen and oxygen atoms in total. The zero-order valence-electron chi connectivity index (χ0n) is 10.6. The third-order valence-electron chi connectivity index (χ3n) is 2.97. The van der Waals surface area contributed by atoms with Crippen LogP contribution in [-0.2, 0) is 9.59 Å². The Kier molecular flexibility index (Phi) is 4.15. The van der Waals surface area contributed by atoms with E-state index in [1.807, 2.05) is 13.8 Å². The summed E-state index contributed by atoms with van der Waals surface area (Å²) in [5, 5.41) is 11.2. The summed E-state index contributed by atoms with van der Waals surface area (Å²) in [6.45, 7) is 5.24. The zero-order chi connectivity index (χ0) is 13.9. The molecule has 1 fully saturated rings. The van der Waals surface area contributed by atoms with E-state index in [9.17, 15) is 14.4 Å². The van der Waals surface area contributed by atoms with Gasteiger partial charge in [-0.05, 0) is 11.8 Å². The van der Waals surface area contributed by atoms with E-state index < -0.39 is 30.4 Å². The molecule has 18 heavy (non-hydrogen) atoms. The minimum atomic E-state index is -1.27. The Labute approximate surface area is 105 Å². The van der Waals surface area contributed by atoms with Gasteiger partial charge in [0.05, 0.1) is 6.42 Å². The van der Waals surface area contributed by atoms with E-state index in [0.29, 0.717) is 13.1 Å². The maximum atomic E-state index is 11.8. The molecule has 1 rings (SSSR count). The number of primary amides is 1. The van der Waals surface area contributed by atoms with Crippen molar-refractivity contribution in [1.29, 1.82) is 0 Å². The summed E-state index contributed by atoms with van der Waals surface area (Å²) in [6, 6.07) is -1.73. The maximum Gasteiger partial charge on any atom is 0.326 e. The van der Waals surface area contributed by atoms with Crippen molar-refractivity contribution in [1.82, 2.24) is 10.2 Å². The summed E-state index contributed by atoms with van der Waals surface area (Å²) in [4.78, 5) is 35.0. The number of likely N-dealkylation sites (tertiary alicyclic amines) is 1. The predicted octanol–water partition coefficient (Wildman–Crippen LogP) is -0.243. The molecule has 0 spiro atoms. The lowest BCUT2D eigenvalue weighted by Gasteiger charge is -2.22. The molecular weight excluding hydrogens is 238 g/mol. The number of rotatable bonds is 4. The third kappa shape index (κ3) is 3.90. The largest absolute Gasteiger partial charge is 0.480 e. The molecule has 0 radical (unpaired) electrons. The SMILES string of the molecule is CC1(C)CCN(C(=O)N[C@H](CC(N)=O)C(=O)O)C1. The molecule has 1 aliphatic rings. The van der Waals surface area contributed by atoms with Gasteiger partial charge in [0.2, 0.25) is 5.91 Å². The molecule has 1 aliphatic heterocycles. The number of urea groups is 1. The summed E-state index contributed by atoms with van der Waals surface area (Å²) < 4.78 is 0. The van der Waals surface area contributed by atoms with Gasteiger partial charge in [0, 0.05) is 13.1 Å². The Morgan fingerprint density at radius 2 is 2.06 bits per heavy atom. The fourth-order valence-electron chi connectivity index (χ4n) is 1.93. The number of hydrogen-bond acceptors (Lipinski definition) is 3. The van der Waals surface area contributed by atoms with Crippen molar-refractivity contribution >= 4 is 17.9 Å². The van der Waals surface area contributed by atoms with Crippen molar-refractivity contribution in [2.75, 3.05) is 13.1 Å². The van der Waals surface area contributed by atoms with E-state index >= 15 is 0 Å². The van der Waals surface area contributed by atoms with Crippen molar-refractivity contribution in [3.05, 3.63) is 0 Å². The molecule has 0 aromatic rings. The van der Waals surface area contributed by atoms with Crippen LogP contribution < -0.4 is 11.1 Å². The number of carbonyl (C=O) groups excluding carboxylic acids is 2. The number of aliphatic carboxylic acids is 1. The Balaban J connectivity index is 2.57. The average Bonchev–Trinajstić information content (AvgIpc) is 2.57. The first kappa shape index (κ1) is 14.3. The van der Waals surface area contributed by atoms with Crippen LogP contribution in [0.1, 0.15) is 26.7 Å². The highest BCUT2D eigenvalue weighted by molar-refractivity contribution is 5.87. The highest BCUT2D eigenvalue weighted by Crippen LogP contribution is 2.28. The fourth-order valence-corrected chi connectivity index (χ4v) is 1.93. The Bertz CT molecular complexity index is 367. The molecule has 0 unspecified atom stereocenters. The number of nitrogens with one attached hydrogen (secondary N) is 1. The van der Waals surface area contributed by atoms with Gasteiger partial charge >= 0.3 is 12.0 Å². The van der Waals surface area contributed by atoms with E-state index in [0.717, 1.165) is 6.42 Å². The number of nitrogens with zero attached hydrogens (tertiary/aromatic N) is 1. The van der Waals surface area contributed by atoms with E-state index in [1.165, 1.54) is 0 Å². The lowest BCUT2D eigenvalue weighted by molar-refractivity contribution is -0.140. The van der Waals surface area contributed by atoms with E-state index in [2.05, 4.69) is 5.32 Å². The number of carbonyl (C=O) groups is 3. The van der Waals surface area contributed by atoms with Crippen LogP contribution in [0, 0.1) is 5.41 Å². The van der Waals surface area contributed by atoms with E-state index in [4.69, 9.17) is 10.8 Å². The van der Waals surface area contributed by atoms with Gasteiger partial charge in [-0.15, -0.1) is 0 Å². The quantitative estimate of drug-likeness (QED) is 0.644. The first-order valence-corrected chi connectivity index (χ1v) is 5.78. The summed E-state index contributed by atoms with van der Waals surface area (Å²) in [6.07, 6.45) is 0.465. The molecule has 0 aliphatic carbocycles. The lowest BCUT2D eigenvalue weighted by atomic mass is 9.93. The van der Waals surface area contributed by atoms with Crippen LogP contribution >= 0.6 is 0 Å². The van der Waals surface area contributed by atoms with Gasteiger partial charge < -0.3 is 21.1 Å². The summed E-state index contributed by atoms with van der Waals surface area (Å²) in [5.74, 6) is -2.02. The van der Waals surface area contributed by atoms with E-state index in [1.54, 1.807) is 4.90 Å². The van der Waals surface area contributed by atoms with Crippen molar-refractivity contribution in [3.63, 3.8) is 0 Å². The van der Waals surface area contributed by atoms with Gasteiger partial charge in [-0.3, -0.25) is 4.79 Å². The second-order valence-corrected chi connectivity index (χ2v) is 5.35. The molecule has 7 heteroatoms. The van der Waals surface area contributed by atoms with Crippen molar-refractivity contribution in [2.24, 2.45) is 11.1 Å². The summed E-state index contributed by atoms with van der Waals surface area (Å²) in [7, 11) is 0.